The lowest BCUT2D eigenvalue weighted by molar-refractivity contribution is -0.148. The van der Waals surface area contributed by atoms with Crippen LogP contribution in [0.3, 0.4) is 0 Å². The van der Waals surface area contributed by atoms with Crippen LogP contribution in [0.4, 0.5) is 0 Å². The summed E-state index contributed by atoms with van der Waals surface area (Å²) in [5.74, 6) is -2.35. The maximum atomic E-state index is 12.6. The molecule has 0 aromatic heterocycles. The molecule has 2 amide bonds. The third-order valence-electron chi connectivity index (χ3n) is 6.07. The largest absolute Gasteiger partial charge is 0.480 e. The molecule has 0 bridgehead atoms. The van der Waals surface area contributed by atoms with Crippen molar-refractivity contribution in [3.8, 4) is 0 Å². The number of aliphatic carboxylic acids is 2. The Morgan fingerprint density at radius 3 is 1.43 bits per heavy atom. The Hall–Kier alpha value is -2.16. The van der Waals surface area contributed by atoms with Gasteiger partial charge in [-0.05, 0) is 30.7 Å². The Morgan fingerprint density at radius 2 is 1.13 bits per heavy atom. The van der Waals surface area contributed by atoms with E-state index < -0.39 is 24.0 Å². The van der Waals surface area contributed by atoms with Gasteiger partial charge in [-0.3, -0.25) is 9.59 Å². The van der Waals surface area contributed by atoms with Gasteiger partial charge in [0.05, 0.1) is 0 Å². The Balaban J connectivity index is 1.83. The van der Waals surface area contributed by atoms with Gasteiger partial charge in [-0.25, -0.2) is 9.59 Å². The van der Waals surface area contributed by atoms with Crippen LogP contribution < -0.4 is 0 Å². The van der Waals surface area contributed by atoms with Crippen molar-refractivity contribution >= 4 is 23.8 Å². The fourth-order valence-corrected chi connectivity index (χ4v) is 4.48. The van der Waals surface area contributed by atoms with E-state index in [2.05, 4.69) is 0 Å². The molecule has 2 fully saturated rings. The van der Waals surface area contributed by atoms with E-state index in [0.29, 0.717) is 39.0 Å². The van der Waals surface area contributed by atoms with Crippen LogP contribution >= 0.6 is 0 Å². The second-order valence-corrected chi connectivity index (χ2v) is 10.3. The van der Waals surface area contributed by atoms with Crippen molar-refractivity contribution in [3.05, 3.63) is 0 Å². The Morgan fingerprint density at radius 1 is 0.800 bits per heavy atom. The standard InChI is InChI=1S/C21H35N3O6/c1-20(2)10-14(18(27)28)23(12-20)16(25)6-8-22(5)9-7-17(26)24-13-21(3,4)11-15(24)19(29)30/h14-15H,6-13H2,1-5H3,(H,27,28)(H,29,30). The van der Waals surface area contributed by atoms with Crippen molar-refractivity contribution in [2.24, 2.45) is 10.8 Å². The second-order valence-electron chi connectivity index (χ2n) is 10.3. The molecule has 0 radical (unpaired) electrons. The lowest BCUT2D eigenvalue weighted by Gasteiger charge is -2.25. The predicted molar refractivity (Wildman–Crippen MR) is 110 cm³/mol. The van der Waals surface area contributed by atoms with E-state index >= 15 is 0 Å². The van der Waals surface area contributed by atoms with Crippen molar-refractivity contribution in [1.82, 2.24) is 14.7 Å². The third kappa shape index (κ3) is 5.93. The maximum Gasteiger partial charge on any atom is 0.326 e. The minimum atomic E-state index is -0.977. The van der Waals surface area contributed by atoms with Crippen molar-refractivity contribution in [1.29, 1.82) is 0 Å². The van der Waals surface area contributed by atoms with Crippen LogP contribution in [0.15, 0.2) is 0 Å². The molecule has 9 heteroatoms. The summed E-state index contributed by atoms with van der Waals surface area (Å²) in [4.78, 5) is 52.9. The zero-order valence-corrected chi connectivity index (χ0v) is 18.7. The first-order chi connectivity index (χ1) is 13.7. The van der Waals surface area contributed by atoms with E-state index in [1.807, 2.05) is 32.6 Å². The summed E-state index contributed by atoms with van der Waals surface area (Å²) in [5, 5.41) is 18.8. The monoisotopic (exact) mass is 425 g/mol. The van der Waals surface area contributed by atoms with Gasteiger partial charge in [-0.2, -0.15) is 0 Å². The second kappa shape index (κ2) is 8.91. The first-order valence-corrected chi connectivity index (χ1v) is 10.5. The van der Waals surface area contributed by atoms with E-state index in [1.54, 1.807) is 7.05 Å². The fraction of sp³-hybridized carbons (Fsp3) is 0.810. The highest BCUT2D eigenvalue weighted by molar-refractivity contribution is 5.85. The van der Waals surface area contributed by atoms with Crippen LogP contribution in [0.2, 0.25) is 0 Å². The number of amides is 2. The zero-order chi connectivity index (χ0) is 22.9. The topological polar surface area (TPSA) is 118 Å². The molecule has 2 rings (SSSR count). The predicted octanol–water partition coefficient (Wildman–Crippen LogP) is 1.12. The highest BCUT2D eigenvalue weighted by atomic mass is 16.4. The first kappa shape index (κ1) is 24.1. The molecule has 2 atom stereocenters. The molecule has 0 aromatic rings. The summed E-state index contributed by atoms with van der Waals surface area (Å²) in [6, 6.07) is -1.57. The van der Waals surface area contributed by atoms with E-state index in [1.165, 1.54) is 9.80 Å². The quantitative estimate of drug-likeness (QED) is 0.598. The SMILES string of the molecule is CN(CCC(=O)N1CC(C)(C)CC1C(=O)O)CCC(=O)N1CC(C)(C)CC1C(=O)O. The molecule has 2 aliphatic rings. The van der Waals surface area contributed by atoms with Gasteiger partial charge >= 0.3 is 11.9 Å². The van der Waals surface area contributed by atoms with Gasteiger partial charge in [0.25, 0.3) is 0 Å². The smallest absolute Gasteiger partial charge is 0.326 e. The molecule has 0 aromatic carbocycles. The number of carbonyl (C=O) groups is 4. The minimum Gasteiger partial charge on any atom is -0.480 e. The fourth-order valence-electron chi connectivity index (χ4n) is 4.48. The summed E-state index contributed by atoms with van der Waals surface area (Å²) in [7, 11) is 1.80. The Kier molecular flexibility index (Phi) is 7.16. The zero-order valence-electron chi connectivity index (χ0n) is 18.7. The highest BCUT2D eigenvalue weighted by Crippen LogP contribution is 2.35. The molecule has 2 N–H and O–H groups in total. The molecule has 2 saturated heterocycles. The molecule has 2 aliphatic heterocycles. The third-order valence-corrected chi connectivity index (χ3v) is 6.07. The highest BCUT2D eigenvalue weighted by Gasteiger charge is 2.44. The number of carboxylic acids is 2. The molecule has 2 heterocycles. The van der Waals surface area contributed by atoms with Crippen molar-refractivity contribution in [2.75, 3.05) is 33.2 Å². The molecule has 30 heavy (non-hydrogen) atoms. The molecular formula is C21H35N3O6. The summed E-state index contributed by atoms with van der Waals surface area (Å²) in [6.45, 7) is 9.48. The average Bonchev–Trinajstić information content (AvgIpc) is 3.13. The lowest BCUT2D eigenvalue weighted by Crippen LogP contribution is -2.43. The number of hydrogen-bond acceptors (Lipinski definition) is 5. The number of carboxylic acid groups (broad SMARTS) is 2. The van der Waals surface area contributed by atoms with Crippen molar-refractivity contribution in [3.63, 3.8) is 0 Å². The summed E-state index contributed by atoms with van der Waals surface area (Å²) in [6.07, 6.45) is 1.24. The normalized spacial score (nSPS) is 25.0. The number of likely N-dealkylation sites (tertiary alicyclic amines) is 2. The molecule has 0 saturated carbocycles. The van der Waals surface area contributed by atoms with Crippen LogP contribution in [-0.4, -0.2) is 94.0 Å². The van der Waals surface area contributed by atoms with Crippen LogP contribution in [0.1, 0.15) is 53.4 Å². The van der Waals surface area contributed by atoms with Crippen molar-refractivity contribution in [2.45, 2.75) is 65.5 Å². The molecule has 0 spiro atoms. The summed E-state index contributed by atoms with van der Waals surface area (Å²) >= 11 is 0. The molecular weight excluding hydrogens is 390 g/mol. The maximum absolute atomic E-state index is 12.6. The van der Waals surface area contributed by atoms with Crippen molar-refractivity contribution < 1.29 is 29.4 Å². The van der Waals surface area contributed by atoms with Crippen LogP contribution in [0.25, 0.3) is 0 Å². The van der Waals surface area contributed by atoms with Gasteiger partial charge in [0.15, 0.2) is 0 Å². The number of hydrogen-bond donors (Lipinski definition) is 2. The van der Waals surface area contributed by atoms with E-state index in [-0.39, 0.29) is 35.5 Å². The van der Waals surface area contributed by atoms with Gasteiger partial charge < -0.3 is 24.9 Å². The lowest BCUT2D eigenvalue weighted by atomic mass is 9.91. The number of nitrogens with zero attached hydrogens (tertiary/aromatic N) is 3. The van der Waals surface area contributed by atoms with Gasteiger partial charge in [-0.15, -0.1) is 0 Å². The van der Waals surface area contributed by atoms with E-state index in [4.69, 9.17) is 0 Å². The first-order valence-electron chi connectivity index (χ1n) is 10.5. The molecule has 0 aliphatic carbocycles. The molecule has 9 nitrogen and oxygen atoms in total. The average molecular weight is 426 g/mol. The Labute approximate surface area is 178 Å². The van der Waals surface area contributed by atoms with Crippen LogP contribution in [0.5, 0.6) is 0 Å². The molecule has 170 valence electrons. The molecule has 2 unspecified atom stereocenters. The van der Waals surface area contributed by atoms with E-state index in [0.717, 1.165) is 0 Å². The van der Waals surface area contributed by atoms with Gasteiger partial charge in [0.1, 0.15) is 12.1 Å². The summed E-state index contributed by atoms with van der Waals surface area (Å²) < 4.78 is 0. The van der Waals surface area contributed by atoms with E-state index in [9.17, 15) is 29.4 Å². The van der Waals surface area contributed by atoms with Gasteiger partial charge in [0, 0.05) is 39.0 Å². The minimum absolute atomic E-state index is 0.180. The number of rotatable bonds is 8. The Bertz CT molecular complexity index is 647. The number of carbonyl (C=O) groups excluding carboxylic acids is 2. The van der Waals surface area contributed by atoms with Gasteiger partial charge in [-0.1, -0.05) is 27.7 Å². The van der Waals surface area contributed by atoms with Gasteiger partial charge in [0.2, 0.25) is 11.8 Å². The van der Waals surface area contributed by atoms with Crippen LogP contribution in [-0.2, 0) is 19.2 Å². The summed E-state index contributed by atoms with van der Waals surface area (Å²) in [5.41, 5.74) is -0.442. The van der Waals surface area contributed by atoms with Crippen LogP contribution in [0, 0.1) is 10.8 Å².